The van der Waals surface area contributed by atoms with Crippen molar-refractivity contribution in [3.8, 4) is 5.75 Å². The number of hydrogen-bond acceptors (Lipinski definition) is 4. The lowest BCUT2D eigenvalue weighted by Gasteiger charge is -2.14. The Hall–Kier alpha value is -2.44. The summed E-state index contributed by atoms with van der Waals surface area (Å²) in [6, 6.07) is 0. The van der Waals surface area contributed by atoms with E-state index in [9.17, 15) is 44.3 Å². The van der Waals surface area contributed by atoms with Gasteiger partial charge in [0.25, 0.3) is 0 Å². The highest BCUT2D eigenvalue weighted by Crippen LogP contribution is 2.29. The summed E-state index contributed by atoms with van der Waals surface area (Å²) in [4.78, 5) is 18.9. The molecule has 0 amide bonds. The number of carbonyl (C=O) groups is 1. The highest BCUT2D eigenvalue weighted by atomic mass is 19.3. The molecule has 0 aliphatic carbocycles. The van der Waals surface area contributed by atoms with Crippen LogP contribution in [0.1, 0.15) is 0 Å². The molecule has 0 fully saturated rings. The van der Waals surface area contributed by atoms with Gasteiger partial charge in [0.05, 0.1) is 0 Å². The first-order valence-corrected chi connectivity index (χ1v) is 6.29. The lowest BCUT2D eigenvalue weighted by Crippen LogP contribution is -2.33. The van der Waals surface area contributed by atoms with E-state index >= 15 is 0 Å². The van der Waals surface area contributed by atoms with E-state index in [-0.39, 0.29) is 0 Å². The fourth-order valence-corrected chi connectivity index (χ4v) is 1.21. The molecule has 1 rings (SSSR count). The zero-order chi connectivity index (χ0) is 20.1. The first kappa shape index (κ1) is 21.6. The van der Waals surface area contributed by atoms with Gasteiger partial charge >= 0.3 is 18.3 Å². The van der Waals surface area contributed by atoms with Crippen molar-refractivity contribution in [1.29, 1.82) is 0 Å². The Balaban J connectivity index is 2.53. The van der Waals surface area contributed by atoms with Gasteiger partial charge < -0.3 is 9.62 Å². The summed E-state index contributed by atoms with van der Waals surface area (Å²) in [5.41, 5.74) is 0. The van der Waals surface area contributed by atoms with Crippen LogP contribution in [0.5, 0.6) is 5.75 Å². The number of ether oxygens (including phenoxy) is 1. The molecular formula is C13H7F9O4. The van der Waals surface area contributed by atoms with Crippen LogP contribution in [0.2, 0.25) is 0 Å². The second-order valence-corrected chi connectivity index (χ2v) is 4.34. The van der Waals surface area contributed by atoms with Crippen LogP contribution < -0.4 is 4.89 Å². The Kier molecular flexibility index (Phi) is 7.29. The number of carbonyl (C=O) groups excluding carboxylic acids is 1. The third kappa shape index (κ3) is 5.28. The summed E-state index contributed by atoms with van der Waals surface area (Å²) >= 11 is 0. The molecule has 0 aliphatic heterocycles. The molecule has 4 nitrogen and oxygen atoms in total. The topological polar surface area (TPSA) is 44.8 Å². The maximum absolute atomic E-state index is 13.2. The van der Waals surface area contributed by atoms with Crippen LogP contribution in [0.15, 0.2) is 12.2 Å². The molecule has 0 aromatic heterocycles. The molecular weight excluding hydrogens is 391 g/mol. The van der Waals surface area contributed by atoms with Gasteiger partial charge in [0.1, 0.15) is 6.61 Å². The SMILES string of the molecule is O=C(C=CCOOc1c(F)c(F)c(F)c(F)c1F)OCC(F)(F)C(F)F. The molecule has 146 valence electrons. The van der Waals surface area contributed by atoms with Crippen LogP contribution in [-0.4, -0.2) is 31.5 Å². The van der Waals surface area contributed by atoms with Crippen LogP contribution in [0.4, 0.5) is 39.5 Å². The zero-order valence-electron chi connectivity index (χ0n) is 12.2. The highest BCUT2D eigenvalue weighted by Gasteiger charge is 2.42. The fraction of sp³-hybridized carbons (Fsp3) is 0.308. The van der Waals surface area contributed by atoms with E-state index in [0.717, 1.165) is 0 Å². The molecule has 0 unspecified atom stereocenters. The van der Waals surface area contributed by atoms with E-state index in [4.69, 9.17) is 0 Å². The number of halogens is 9. The minimum absolute atomic E-state index is 0.406. The van der Waals surface area contributed by atoms with Gasteiger partial charge in [0.2, 0.25) is 34.8 Å². The molecule has 13 heteroatoms. The Morgan fingerprint density at radius 3 is 1.96 bits per heavy atom. The second kappa shape index (κ2) is 8.78. The number of hydrogen-bond donors (Lipinski definition) is 0. The third-order valence-electron chi connectivity index (χ3n) is 2.46. The lowest BCUT2D eigenvalue weighted by atomic mass is 10.3. The molecule has 0 saturated heterocycles. The number of benzene rings is 1. The smallest absolute Gasteiger partial charge is 0.340 e. The largest absolute Gasteiger partial charge is 0.456 e. The van der Waals surface area contributed by atoms with Crippen LogP contribution in [0, 0.1) is 29.1 Å². The van der Waals surface area contributed by atoms with Crippen molar-refractivity contribution in [3.63, 3.8) is 0 Å². The van der Waals surface area contributed by atoms with Gasteiger partial charge in [-0.25, -0.2) is 26.7 Å². The van der Waals surface area contributed by atoms with Crippen molar-refractivity contribution in [1.82, 2.24) is 0 Å². The van der Waals surface area contributed by atoms with Crippen molar-refractivity contribution in [3.05, 3.63) is 41.2 Å². The standard InChI is InChI=1S/C13H7F9O4/c14-6-7(15)9(17)11(10(18)8(6)16)26-25-3-1-2-5(23)24-4-13(21,22)12(19)20/h1-2,12H,3-4H2. The first-order valence-electron chi connectivity index (χ1n) is 6.29. The van der Waals surface area contributed by atoms with Gasteiger partial charge in [-0.3, -0.25) is 0 Å². The molecule has 0 atom stereocenters. The van der Waals surface area contributed by atoms with Gasteiger partial charge in [-0.15, -0.1) is 0 Å². The molecule has 0 radical (unpaired) electrons. The second-order valence-electron chi connectivity index (χ2n) is 4.34. The van der Waals surface area contributed by atoms with E-state index in [0.29, 0.717) is 12.2 Å². The Bertz CT molecular complexity index is 662. The van der Waals surface area contributed by atoms with Crippen molar-refractivity contribution >= 4 is 5.97 Å². The van der Waals surface area contributed by atoms with Crippen molar-refractivity contribution in [2.45, 2.75) is 12.3 Å². The summed E-state index contributed by atoms with van der Waals surface area (Å²) in [5, 5.41) is 0. The van der Waals surface area contributed by atoms with E-state index in [1.807, 2.05) is 0 Å². The van der Waals surface area contributed by atoms with Crippen molar-refractivity contribution in [2.75, 3.05) is 13.2 Å². The van der Waals surface area contributed by atoms with E-state index < -0.39 is 66.4 Å². The third-order valence-corrected chi connectivity index (χ3v) is 2.46. The van der Waals surface area contributed by atoms with Gasteiger partial charge in [-0.05, 0) is 6.08 Å². The van der Waals surface area contributed by atoms with E-state index in [1.165, 1.54) is 0 Å². The zero-order valence-corrected chi connectivity index (χ0v) is 12.2. The molecule has 0 spiro atoms. The molecule has 0 N–H and O–H groups in total. The minimum atomic E-state index is -4.56. The maximum atomic E-state index is 13.2. The quantitative estimate of drug-likeness (QED) is 0.0980. The van der Waals surface area contributed by atoms with Gasteiger partial charge in [0, 0.05) is 6.08 Å². The summed E-state index contributed by atoms with van der Waals surface area (Å²) < 4.78 is 117. The Morgan fingerprint density at radius 1 is 0.962 bits per heavy atom. The van der Waals surface area contributed by atoms with Crippen LogP contribution in [0.25, 0.3) is 0 Å². The summed E-state index contributed by atoms with van der Waals surface area (Å²) in [5.74, 6) is -19.5. The fourth-order valence-electron chi connectivity index (χ4n) is 1.21. The monoisotopic (exact) mass is 398 g/mol. The molecule has 0 heterocycles. The molecule has 0 saturated carbocycles. The predicted molar refractivity (Wildman–Crippen MR) is 63.9 cm³/mol. The van der Waals surface area contributed by atoms with Crippen LogP contribution in [0.3, 0.4) is 0 Å². The molecule has 1 aromatic carbocycles. The van der Waals surface area contributed by atoms with Crippen molar-refractivity contribution in [2.24, 2.45) is 0 Å². The minimum Gasteiger partial charge on any atom is -0.456 e. The summed E-state index contributed by atoms with van der Waals surface area (Å²) in [6.07, 6.45) is -2.99. The van der Waals surface area contributed by atoms with Crippen LogP contribution >= 0.6 is 0 Å². The van der Waals surface area contributed by atoms with Crippen LogP contribution in [-0.2, 0) is 14.4 Å². The Morgan fingerprint density at radius 2 is 1.46 bits per heavy atom. The first-order chi connectivity index (χ1) is 12.0. The van der Waals surface area contributed by atoms with Gasteiger partial charge in [0.15, 0.2) is 6.61 Å². The predicted octanol–water partition coefficient (Wildman–Crippen LogP) is 3.69. The van der Waals surface area contributed by atoms with Gasteiger partial charge in [-0.2, -0.15) is 22.4 Å². The number of alkyl halides is 4. The molecule has 26 heavy (non-hydrogen) atoms. The van der Waals surface area contributed by atoms with E-state index in [2.05, 4.69) is 14.5 Å². The Labute approximate surface area is 138 Å². The normalized spacial score (nSPS) is 12.1. The number of esters is 1. The molecule has 0 bridgehead atoms. The summed E-state index contributed by atoms with van der Waals surface area (Å²) in [6.45, 7) is -2.74. The average molecular weight is 398 g/mol. The molecule has 0 aliphatic rings. The number of rotatable bonds is 8. The molecule has 1 aromatic rings. The van der Waals surface area contributed by atoms with Gasteiger partial charge in [-0.1, -0.05) is 0 Å². The van der Waals surface area contributed by atoms with E-state index in [1.54, 1.807) is 0 Å². The van der Waals surface area contributed by atoms with Crippen molar-refractivity contribution < 1.29 is 58.8 Å². The highest BCUT2D eigenvalue weighted by molar-refractivity contribution is 5.81. The maximum Gasteiger partial charge on any atom is 0.340 e. The lowest BCUT2D eigenvalue weighted by molar-refractivity contribution is -0.200. The average Bonchev–Trinajstić information content (AvgIpc) is 2.58. The summed E-state index contributed by atoms with van der Waals surface area (Å²) in [7, 11) is 0.